The molecule has 1 unspecified atom stereocenters. The van der Waals surface area contributed by atoms with E-state index in [0.29, 0.717) is 11.3 Å². The third kappa shape index (κ3) is 3.13. The van der Waals surface area contributed by atoms with E-state index in [4.69, 9.17) is 4.74 Å². The van der Waals surface area contributed by atoms with Gasteiger partial charge in [-0.1, -0.05) is 36.4 Å². The Morgan fingerprint density at radius 3 is 2.53 bits per heavy atom. The highest BCUT2D eigenvalue weighted by molar-refractivity contribution is 5.84. The summed E-state index contributed by atoms with van der Waals surface area (Å²) < 4.78 is 5.07. The maximum atomic E-state index is 9.96. The second kappa shape index (κ2) is 6.05. The Kier molecular flexibility index (Phi) is 4.18. The number of benzene rings is 2. The summed E-state index contributed by atoms with van der Waals surface area (Å²) in [5.74, 6) is 0.574. The van der Waals surface area contributed by atoms with Crippen LogP contribution >= 0.6 is 0 Å². The van der Waals surface area contributed by atoms with E-state index in [1.807, 2.05) is 43.3 Å². The van der Waals surface area contributed by atoms with Crippen LogP contribution in [-0.2, 0) is 0 Å². The minimum absolute atomic E-state index is 0.0480. The fraction of sp³-hybridized carbons (Fsp3) is 0.188. The van der Waals surface area contributed by atoms with Crippen molar-refractivity contribution in [1.29, 1.82) is 0 Å². The Morgan fingerprint density at radius 2 is 1.84 bits per heavy atom. The lowest BCUT2D eigenvalue weighted by Gasteiger charge is -2.07. The van der Waals surface area contributed by atoms with Crippen LogP contribution in [0.1, 0.15) is 24.1 Å². The van der Waals surface area contributed by atoms with Gasteiger partial charge in [-0.05, 0) is 24.6 Å². The van der Waals surface area contributed by atoms with E-state index < -0.39 is 0 Å². The monoisotopic (exact) mass is 255 g/mol. The molecule has 0 aliphatic heterocycles. The molecule has 0 amide bonds. The molecule has 1 N–H and O–H groups in total. The van der Waals surface area contributed by atoms with Crippen LogP contribution in [0.3, 0.4) is 0 Å². The molecule has 2 aromatic rings. The van der Waals surface area contributed by atoms with Crippen molar-refractivity contribution in [3.8, 4) is 11.5 Å². The standard InChI is InChI=1S/C16H17NO2/c1-12(13-7-4-3-5-8-13)17-11-14-9-6-10-15(19-2)16(14)18/h3-12,18H,1-2H3. The molecule has 0 aliphatic carbocycles. The average Bonchev–Trinajstić information content (AvgIpc) is 2.47. The van der Waals surface area contributed by atoms with Gasteiger partial charge in [-0.2, -0.15) is 0 Å². The lowest BCUT2D eigenvalue weighted by molar-refractivity contribution is 0.373. The molecule has 98 valence electrons. The van der Waals surface area contributed by atoms with E-state index in [0.717, 1.165) is 5.56 Å². The number of phenols is 1. The van der Waals surface area contributed by atoms with E-state index in [1.54, 1.807) is 18.3 Å². The summed E-state index contributed by atoms with van der Waals surface area (Å²) in [5.41, 5.74) is 1.79. The van der Waals surface area contributed by atoms with Gasteiger partial charge in [0.2, 0.25) is 0 Å². The van der Waals surface area contributed by atoms with Gasteiger partial charge in [-0.3, -0.25) is 4.99 Å². The first-order valence-electron chi connectivity index (χ1n) is 6.16. The number of hydrogen-bond acceptors (Lipinski definition) is 3. The van der Waals surface area contributed by atoms with E-state index in [1.165, 1.54) is 7.11 Å². The van der Waals surface area contributed by atoms with Gasteiger partial charge >= 0.3 is 0 Å². The van der Waals surface area contributed by atoms with Gasteiger partial charge in [0, 0.05) is 11.8 Å². The SMILES string of the molecule is COc1cccc(C=NC(C)c2ccccc2)c1O. The Bertz CT molecular complexity index is 564. The van der Waals surface area contributed by atoms with E-state index >= 15 is 0 Å². The summed E-state index contributed by atoms with van der Waals surface area (Å²) in [7, 11) is 1.53. The third-order valence-electron chi connectivity index (χ3n) is 2.97. The normalized spacial score (nSPS) is 12.5. The van der Waals surface area contributed by atoms with Crippen LogP contribution in [0.5, 0.6) is 11.5 Å². The van der Waals surface area contributed by atoms with Crippen LogP contribution in [-0.4, -0.2) is 18.4 Å². The molecular weight excluding hydrogens is 238 g/mol. The predicted octanol–water partition coefficient (Wildman–Crippen LogP) is 3.58. The van der Waals surface area contributed by atoms with Gasteiger partial charge in [-0.15, -0.1) is 0 Å². The molecule has 0 radical (unpaired) electrons. The average molecular weight is 255 g/mol. The molecule has 19 heavy (non-hydrogen) atoms. The summed E-state index contributed by atoms with van der Waals surface area (Å²) in [6, 6.07) is 15.4. The van der Waals surface area contributed by atoms with Gasteiger partial charge in [0.25, 0.3) is 0 Å². The Balaban J connectivity index is 2.19. The summed E-state index contributed by atoms with van der Waals surface area (Å²) in [4.78, 5) is 4.46. The highest BCUT2D eigenvalue weighted by Crippen LogP contribution is 2.28. The molecule has 2 aromatic carbocycles. The molecule has 0 saturated heterocycles. The van der Waals surface area contributed by atoms with Crippen LogP contribution in [0, 0.1) is 0 Å². The fourth-order valence-corrected chi connectivity index (χ4v) is 1.82. The van der Waals surface area contributed by atoms with Crippen molar-refractivity contribution in [2.45, 2.75) is 13.0 Å². The van der Waals surface area contributed by atoms with Crippen LogP contribution in [0.2, 0.25) is 0 Å². The molecule has 0 heterocycles. The van der Waals surface area contributed by atoms with Gasteiger partial charge in [0.05, 0.1) is 13.2 Å². The quantitative estimate of drug-likeness (QED) is 0.848. The number of aromatic hydroxyl groups is 1. The molecule has 0 aliphatic rings. The number of para-hydroxylation sites is 1. The van der Waals surface area contributed by atoms with Gasteiger partial charge < -0.3 is 9.84 Å². The zero-order valence-electron chi connectivity index (χ0n) is 11.1. The van der Waals surface area contributed by atoms with E-state index in [9.17, 15) is 5.11 Å². The maximum absolute atomic E-state index is 9.96. The first kappa shape index (κ1) is 13.1. The Hall–Kier alpha value is -2.29. The van der Waals surface area contributed by atoms with E-state index in [-0.39, 0.29) is 11.8 Å². The topological polar surface area (TPSA) is 41.8 Å². The predicted molar refractivity (Wildman–Crippen MR) is 77.1 cm³/mol. The highest BCUT2D eigenvalue weighted by Gasteiger charge is 2.06. The number of rotatable bonds is 4. The van der Waals surface area contributed by atoms with Crippen molar-refractivity contribution < 1.29 is 9.84 Å². The lowest BCUT2D eigenvalue weighted by Crippen LogP contribution is -1.92. The summed E-state index contributed by atoms with van der Waals surface area (Å²) in [5, 5.41) is 9.96. The van der Waals surface area contributed by atoms with Crippen molar-refractivity contribution in [3.63, 3.8) is 0 Å². The van der Waals surface area contributed by atoms with Crippen LogP contribution in [0.4, 0.5) is 0 Å². The molecule has 0 saturated carbocycles. The number of ether oxygens (including phenoxy) is 1. The third-order valence-corrected chi connectivity index (χ3v) is 2.97. The minimum Gasteiger partial charge on any atom is -0.504 e. The van der Waals surface area contributed by atoms with Crippen LogP contribution in [0.25, 0.3) is 0 Å². The molecule has 2 rings (SSSR count). The highest BCUT2D eigenvalue weighted by atomic mass is 16.5. The summed E-state index contributed by atoms with van der Waals surface area (Å²) in [6.45, 7) is 2.02. The fourth-order valence-electron chi connectivity index (χ4n) is 1.82. The van der Waals surface area contributed by atoms with Gasteiger partial charge in [0.1, 0.15) is 0 Å². The van der Waals surface area contributed by atoms with Gasteiger partial charge in [0.15, 0.2) is 11.5 Å². The number of nitrogens with zero attached hydrogens (tertiary/aromatic N) is 1. The molecule has 0 fully saturated rings. The molecule has 3 heteroatoms. The van der Waals surface area contributed by atoms with E-state index in [2.05, 4.69) is 4.99 Å². The molecular formula is C16H17NO2. The van der Waals surface area contributed by atoms with Crippen LogP contribution < -0.4 is 4.74 Å². The molecule has 1 atom stereocenters. The largest absolute Gasteiger partial charge is 0.504 e. The zero-order valence-corrected chi connectivity index (χ0v) is 11.1. The second-order valence-electron chi connectivity index (χ2n) is 4.26. The summed E-state index contributed by atoms with van der Waals surface area (Å²) >= 11 is 0. The second-order valence-corrected chi connectivity index (χ2v) is 4.26. The molecule has 3 nitrogen and oxygen atoms in total. The Labute approximate surface area is 113 Å². The maximum Gasteiger partial charge on any atom is 0.166 e. The van der Waals surface area contributed by atoms with Crippen molar-refractivity contribution >= 4 is 6.21 Å². The first-order chi connectivity index (χ1) is 9.22. The molecule has 0 spiro atoms. The van der Waals surface area contributed by atoms with Crippen LogP contribution in [0.15, 0.2) is 53.5 Å². The summed E-state index contributed by atoms with van der Waals surface area (Å²) in [6.07, 6.45) is 1.68. The number of aliphatic imine (C=N–C) groups is 1. The van der Waals surface area contributed by atoms with Gasteiger partial charge in [-0.25, -0.2) is 0 Å². The Morgan fingerprint density at radius 1 is 1.11 bits per heavy atom. The lowest BCUT2D eigenvalue weighted by atomic mass is 10.1. The zero-order chi connectivity index (χ0) is 13.7. The molecule has 0 bridgehead atoms. The van der Waals surface area contributed by atoms with Crippen molar-refractivity contribution in [2.24, 2.45) is 4.99 Å². The first-order valence-corrected chi connectivity index (χ1v) is 6.16. The minimum atomic E-state index is 0.0480. The molecule has 0 aromatic heterocycles. The number of phenolic OH excluding ortho intramolecular Hbond substituents is 1. The number of hydrogen-bond donors (Lipinski definition) is 1. The van der Waals surface area contributed by atoms with Crippen molar-refractivity contribution in [1.82, 2.24) is 0 Å². The van der Waals surface area contributed by atoms with Crippen molar-refractivity contribution in [3.05, 3.63) is 59.7 Å². The number of methoxy groups -OCH3 is 1. The van der Waals surface area contributed by atoms with Crippen molar-refractivity contribution in [2.75, 3.05) is 7.11 Å². The smallest absolute Gasteiger partial charge is 0.166 e.